The van der Waals surface area contributed by atoms with E-state index in [4.69, 9.17) is 0 Å². The van der Waals surface area contributed by atoms with Crippen LogP contribution in [0.15, 0.2) is 23.1 Å². The van der Waals surface area contributed by atoms with E-state index in [1.165, 1.54) is 17.6 Å². The van der Waals surface area contributed by atoms with Gasteiger partial charge < -0.3 is 10.6 Å². The second-order valence-corrected chi connectivity index (χ2v) is 12.3. The van der Waals surface area contributed by atoms with E-state index in [-0.39, 0.29) is 61.5 Å². The lowest BCUT2D eigenvalue weighted by molar-refractivity contribution is -0.190. The Morgan fingerprint density at radius 3 is 2.41 bits per heavy atom. The molecule has 0 bridgehead atoms. The first-order valence-corrected chi connectivity index (χ1v) is 14.4. The molecule has 6 rings (SSSR count). The van der Waals surface area contributed by atoms with Gasteiger partial charge in [-0.05, 0) is 68.2 Å². The Kier molecular flexibility index (Phi) is 7.12. The standard InChI is InChI=1S/C28H29F5N8O3/c1-15-21(40-44-39-15)24(43)38-22(16-2-4-27(29,30)5-3-16)18-13-41-19(36-18)10-17(12-35-41)23(25(14-34)6-7-25)37-20(42)11-26(8-9-26)28(31,32)33/h10,12-13,16,22-23H,2-9,11H2,1H3,(H,37,42)(H,38,43)/t22-,23-/m0/s1. The van der Waals surface area contributed by atoms with E-state index in [1.54, 1.807) is 12.3 Å². The molecule has 0 spiro atoms. The normalized spacial score (nSPS) is 21.7. The van der Waals surface area contributed by atoms with Crippen molar-refractivity contribution >= 4 is 17.5 Å². The lowest BCUT2D eigenvalue weighted by Crippen LogP contribution is -2.38. The summed E-state index contributed by atoms with van der Waals surface area (Å²) in [5.41, 5.74) is -1.82. The molecule has 2 N–H and O–H groups in total. The van der Waals surface area contributed by atoms with Crippen LogP contribution in [0.3, 0.4) is 0 Å². The zero-order valence-electron chi connectivity index (χ0n) is 23.6. The number of nitriles is 1. The minimum atomic E-state index is -4.50. The van der Waals surface area contributed by atoms with E-state index in [2.05, 4.69) is 41.7 Å². The summed E-state index contributed by atoms with van der Waals surface area (Å²) in [5, 5.41) is 27.0. The fourth-order valence-electron chi connectivity index (χ4n) is 6.06. The number of rotatable bonds is 9. The number of carbonyl (C=O) groups excluding carboxylic acids is 2. The van der Waals surface area contributed by atoms with E-state index in [1.807, 2.05) is 0 Å². The number of aromatic nitrogens is 5. The van der Waals surface area contributed by atoms with Gasteiger partial charge in [-0.15, -0.1) is 0 Å². The van der Waals surface area contributed by atoms with Crippen LogP contribution in [0.5, 0.6) is 0 Å². The monoisotopic (exact) mass is 620 g/mol. The van der Waals surface area contributed by atoms with Gasteiger partial charge in [0.05, 0.1) is 47.1 Å². The number of amides is 2. The van der Waals surface area contributed by atoms with Gasteiger partial charge in [-0.3, -0.25) is 9.59 Å². The highest BCUT2D eigenvalue weighted by Gasteiger charge is 2.64. The summed E-state index contributed by atoms with van der Waals surface area (Å²) in [6.07, 6.45) is -2.06. The molecule has 3 aromatic heterocycles. The van der Waals surface area contributed by atoms with Gasteiger partial charge in [0.15, 0.2) is 11.3 Å². The van der Waals surface area contributed by atoms with Gasteiger partial charge in [0.25, 0.3) is 5.91 Å². The molecule has 3 heterocycles. The number of aryl methyl sites for hydroxylation is 1. The van der Waals surface area contributed by atoms with Crippen molar-refractivity contribution in [1.29, 1.82) is 5.26 Å². The molecule has 3 aliphatic carbocycles. The summed E-state index contributed by atoms with van der Waals surface area (Å²) in [6.45, 7) is 1.54. The van der Waals surface area contributed by atoms with Crippen LogP contribution in [-0.4, -0.2) is 48.8 Å². The van der Waals surface area contributed by atoms with Crippen LogP contribution >= 0.6 is 0 Å². The minimum absolute atomic E-state index is 0.0522. The molecule has 44 heavy (non-hydrogen) atoms. The van der Waals surface area contributed by atoms with Crippen molar-refractivity contribution in [2.45, 2.75) is 88.9 Å². The number of carbonyl (C=O) groups is 2. The van der Waals surface area contributed by atoms with Crippen LogP contribution in [0.25, 0.3) is 5.65 Å². The van der Waals surface area contributed by atoms with Gasteiger partial charge in [0.2, 0.25) is 11.8 Å². The summed E-state index contributed by atoms with van der Waals surface area (Å²) in [5.74, 6) is -4.60. The summed E-state index contributed by atoms with van der Waals surface area (Å²) in [4.78, 5) is 30.5. The molecule has 0 radical (unpaired) electrons. The molecule has 2 atom stereocenters. The number of fused-ring (bicyclic) bond motifs is 1. The van der Waals surface area contributed by atoms with Crippen molar-refractivity contribution in [3.05, 3.63) is 41.1 Å². The van der Waals surface area contributed by atoms with Crippen LogP contribution < -0.4 is 10.6 Å². The lowest BCUT2D eigenvalue weighted by atomic mass is 9.81. The molecule has 16 heteroatoms. The van der Waals surface area contributed by atoms with Gasteiger partial charge in [0.1, 0.15) is 5.69 Å². The van der Waals surface area contributed by atoms with E-state index in [0.29, 0.717) is 24.1 Å². The molecule has 0 aliphatic heterocycles. The van der Waals surface area contributed by atoms with Crippen molar-refractivity contribution in [3.8, 4) is 6.07 Å². The minimum Gasteiger partial charge on any atom is -0.348 e. The molecular weight excluding hydrogens is 591 g/mol. The van der Waals surface area contributed by atoms with Crippen molar-refractivity contribution < 1.29 is 36.2 Å². The summed E-state index contributed by atoms with van der Waals surface area (Å²) in [7, 11) is 0. The Balaban J connectivity index is 1.29. The molecule has 3 aromatic rings. The zero-order chi connectivity index (χ0) is 31.5. The van der Waals surface area contributed by atoms with Gasteiger partial charge in [0, 0.05) is 19.3 Å². The fraction of sp³-hybridized carbons (Fsp3) is 0.607. The van der Waals surface area contributed by atoms with E-state index >= 15 is 0 Å². The third-order valence-corrected chi connectivity index (χ3v) is 9.22. The Morgan fingerprint density at radius 2 is 1.84 bits per heavy atom. The topological polar surface area (TPSA) is 151 Å². The molecular formula is C28H29F5N8O3. The lowest BCUT2D eigenvalue weighted by Gasteiger charge is -2.33. The highest BCUT2D eigenvalue weighted by Crippen LogP contribution is 2.60. The molecule has 3 aliphatic rings. The summed E-state index contributed by atoms with van der Waals surface area (Å²) < 4.78 is 74.5. The predicted octanol–water partition coefficient (Wildman–Crippen LogP) is 4.91. The first-order chi connectivity index (χ1) is 20.7. The van der Waals surface area contributed by atoms with E-state index < -0.39 is 53.2 Å². The maximum atomic E-state index is 14.0. The maximum absolute atomic E-state index is 14.0. The molecule has 0 saturated heterocycles. The Hall–Kier alpha value is -4.16. The van der Waals surface area contributed by atoms with Crippen molar-refractivity contribution in [2.75, 3.05) is 0 Å². The summed E-state index contributed by atoms with van der Waals surface area (Å²) in [6, 6.07) is 2.08. The molecule has 0 unspecified atom stereocenters. The molecule has 234 valence electrons. The van der Waals surface area contributed by atoms with Crippen molar-refractivity contribution in [2.24, 2.45) is 16.7 Å². The largest absolute Gasteiger partial charge is 0.395 e. The second-order valence-electron chi connectivity index (χ2n) is 12.3. The zero-order valence-corrected chi connectivity index (χ0v) is 23.6. The van der Waals surface area contributed by atoms with Gasteiger partial charge in [-0.1, -0.05) is 5.16 Å². The molecule has 11 nitrogen and oxygen atoms in total. The molecule has 2 amide bonds. The van der Waals surface area contributed by atoms with E-state index in [0.717, 1.165) is 0 Å². The van der Waals surface area contributed by atoms with Crippen LogP contribution in [0.4, 0.5) is 22.0 Å². The smallest absolute Gasteiger partial charge is 0.348 e. The Labute approximate surface area is 247 Å². The fourth-order valence-corrected chi connectivity index (χ4v) is 6.06. The number of hydrogen-bond donors (Lipinski definition) is 2. The number of alkyl halides is 5. The molecule has 3 saturated carbocycles. The molecule has 3 fully saturated rings. The predicted molar refractivity (Wildman–Crippen MR) is 140 cm³/mol. The van der Waals surface area contributed by atoms with Gasteiger partial charge in [-0.25, -0.2) is 22.9 Å². The third-order valence-electron chi connectivity index (χ3n) is 9.22. The Morgan fingerprint density at radius 1 is 1.14 bits per heavy atom. The van der Waals surface area contributed by atoms with Crippen molar-refractivity contribution in [3.63, 3.8) is 0 Å². The van der Waals surface area contributed by atoms with Gasteiger partial charge >= 0.3 is 6.18 Å². The van der Waals surface area contributed by atoms with Crippen LogP contribution in [0, 0.1) is 35.0 Å². The average molecular weight is 621 g/mol. The highest BCUT2D eigenvalue weighted by molar-refractivity contribution is 5.93. The van der Waals surface area contributed by atoms with Crippen LogP contribution in [0.1, 0.15) is 97.3 Å². The first-order valence-electron chi connectivity index (χ1n) is 14.4. The van der Waals surface area contributed by atoms with Crippen molar-refractivity contribution in [1.82, 2.24) is 35.5 Å². The number of halogens is 5. The number of hydrogen-bond acceptors (Lipinski definition) is 8. The third kappa shape index (κ3) is 5.59. The first kappa shape index (κ1) is 29.9. The van der Waals surface area contributed by atoms with Crippen LogP contribution in [0.2, 0.25) is 0 Å². The van der Waals surface area contributed by atoms with Crippen LogP contribution in [-0.2, 0) is 4.79 Å². The second kappa shape index (κ2) is 10.5. The highest BCUT2D eigenvalue weighted by atomic mass is 19.4. The SMILES string of the molecule is Cc1nonc1C(=O)N[C@H](c1cn2ncc([C@H](NC(=O)CC3(C(F)(F)F)CC3)C3(C#N)CC3)cc2n1)C1CCC(F)(F)CC1. The van der Waals surface area contributed by atoms with E-state index in [9.17, 15) is 36.8 Å². The number of nitrogens with zero attached hydrogens (tertiary/aromatic N) is 6. The quantitative estimate of drug-likeness (QED) is 0.320. The number of nitrogens with one attached hydrogen (secondary N) is 2. The van der Waals surface area contributed by atoms with Gasteiger partial charge in [-0.2, -0.15) is 23.5 Å². The molecule has 0 aromatic carbocycles. The average Bonchev–Trinajstić information content (AvgIpc) is 3.85. The number of imidazole rings is 1. The Bertz CT molecular complexity index is 1630. The summed E-state index contributed by atoms with van der Waals surface area (Å²) >= 11 is 0. The maximum Gasteiger partial charge on any atom is 0.395 e.